The fourth-order valence-electron chi connectivity index (χ4n) is 2.34. The first-order chi connectivity index (χ1) is 8.24. The Hall–Kier alpha value is -1.49. The standard InChI is InChI=1S/C12H13F2N3/c13-8-4-9(14)11-10(5-8)16-12(17-11)7-2-1-3-15-6-7/h4-5,7,15H,1-3,6H2,(H,16,17). The van der Waals surface area contributed by atoms with Crippen LogP contribution in [0.15, 0.2) is 12.1 Å². The Labute approximate surface area is 97.2 Å². The third-order valence-corrected chi connectivity index (χ3v) is 3.21. The summed E-state index contributed by atoms with van der Waals surface area (Å²) >= 11 is 0. The van der Waals surface area contributed by atoms with Crippen LogP contribution >= 0.6 is 0 Å². The predicted molar refractivity (Wildman–Crippen MR) is 60.9 cm³/mol. The Morgan fingerprint density at radius 1 is 1.29 bits per heavy atom. The van der Waals surface area contributed by atoms with Gasteiger partial charge in [0, 0.05) is 18.5 Å². The van der Waals surface area contributed by atoms with Crippen LogP contribution in [-0.2, 0) is 0 Å². The van der Waals surface area contributed by atoms with Crippen molar-refractivity contribution in [3.8, 4) is 0 Å². The van der Waals surface area contributed by atoms with Gasteiger partial charge in [0.15, 0.2) is 5.82 Å². The second-order valence-corrected chi connectivity index (χ2v) is 4.45. The van der Waals surface area contributed by atoms with Crippen molar-refractivity contribution < 1.29 is 8.78 Å². The van der Waals surface area contributed by atoms with Gasteiger partial charge in [-0.3, -0.25) is 0 Å². The molecule has 5 heteroatoms. The number of fused-ring (bicyclic) bond motifs is 1. The number of aromatic nitrogens is 2. The zero-order valence-electron chi connectivity index (χ0n) is 9.26. The summed E-state index contributed by atoms with van der Waals surface area (Å²) in [5.41, 5.74) is 0.662. The van der Waals surface area contributed by atoms with Gasteiger partial charge in [-0.05, 0) is 25.5 Å². The molecule has 0 amide bonds. The van der Waals surface area contributed by atoms with Crippen molar-refractivity contribution in [2.24, 2.45) is 0 Å². The minimum absolute atomic E-state index is 0.229. The lowest BCUT2D eigenvalue weighted by molar-refractivity contribution is 0.449. The zero-order valence-corrected chi connectivity index (χ0v) is 9.26. The number of aromatic amines is 1. The zero-order chi connectivity index (χ0) is 11.8. The Morgan fingerprint density at radius 2 is 2.18 bits per heavy atom. The first-order valence-corrected chi connectivity index (χ1v) is 5.79. The van der Waals surface area contributed by atoms with Crippen molar-refractivity contribution in [1.82, 2.24) is 15.3 Å². The van der Waals surface area contributed by atoms with Gasteiger partial charge in [-0.1, -0.05) is 0 Å². The van der Waals surface area contributed by atoms with Gasteiger partial charge in [0.05, 0.1) is 5.52 Å². The van der Waals surface area contributed by atoms with Gasteiger partial charge in [-0.25, -0.2) is 13.8 Å². The van der Waals surface area contributed by atoms with Gasteiger partial charge in [0.25, 0.3) is 0 Å². The number of nitrogens with one attached hydrogen (secondary N) is 2. The number of halogens is 2. The van der Waals surface area contributed by atoms with E-state index in [2.05, 4.69) is 15.3 Å². The third kappa shape index (κ3) is 1.91. The van der Waals surface area contributed by atoms with Crippen LogP contribution in [0.1, 0.15) is 24.6 Å². The Balaban J connectivity index is 2.03. The van der Waals surface area contributed by atoms with Crippen LogP contribution in [0.25, 0.3) is 11.0 Å². The van der Waals surface area contributed by atoms with Crippen LogP contribution in [0.5, 0.6) is 0 Å². The number of H-pyrrole nitrogens is 1. The molecule has 2 heterocycles. The summed E-state index contributed by atoms with van der Waals surface area (Å²) in [7, 11) is 0. The van der Waals surface area contributed by atoms with E-state index in [-0.39, 0.29) is 11.4 Å². The van der Waals surface area contributed by atoms with Crippen LogP contribution in [0.4, 0.5) is 8.78 Å². The van der Waals surface area contributed by atoms with Gasteiger partial charge < -0.3 is 10.3 Å². The number of benzene rings is 1. The van der Waals surface area contributed by atoms with Crippen LogP contribution < -0.4 is 5.32 Å². The molecule has 1 aromatic heterocycles. The maximum Gasteiger partial charge on any atom is 0.153 e. The lowest BCUT2D eigenvalue weighted by Gasteiger charge is -2.20. The fraction of sp³-hybridized carbons (Fsp3) is 0.417. The van der Waals surface area contributed by atoms with Gasteiger partial charge in [0.1, 0.15) is 17.2 Å². The molecule has 17 heavy (non-hydrogen) atoms. The molecule has 2 N–H and O–H groups in total. The van der Waals surface area contributed by atoms with E-state index in [0.717, 1.165) is 37.8 Å². The van der Waals surface area contributed by atoms with Gasteiger partial charge in [-0.2, -0.15) is 0 Å². The summed E-state index contributed by atoms with van der Waals surface area (Å²) in [5, 5.41) is 3.28. The van der Waals surface area contributed by atoms with Crippen LogP contribution in [-0.4, -0.2) is 23.1 Å². The normalized spacial score (nSPS) is 20.9. The highest BCUT2D eigenvalue weighted by molar-refractivity contribution is 5.75. The summed E-state index contributed by atoms with van der Waals surface area (Å²) in [5.74, 6) is -0.173. The van der Waals surface area contributed by atoms with E-state index in [0.29, 0.717) is 5.52 Å². The van der Waals surface area contributed by atoms with Gasteiger partial charge in [-0.15, -0.1) is 0 Å². The molecule has 1 fully saturated rings. The number of piperidine rings is 1. The smallest absolute Gasteiger partial charge is 0.153 e. The highest BCUT2D eigenvalue weighted by Gasteiger charge is 2.19. The molecule has 1 aliphatic rings. The number of nitrogens with zero attached hydrogens (tertiary/aromatic N) is 1. The molecule has 0 radical (unpaired) electrons. The minimum atomic E-state index is -0.605. The Kier molecular flexibility index (Phi) is 2.55. The molecule has 2 aromatic rings. The number of rotatable bonds is 1. The van der Waals surface area contributed by atoms with E-state index in [4.69, 9.17) is 0 Å². The quantitative estimate of drug-likeness (QED) is 0.799. The van der Waals surface area contributed by atoms with Crippen molar-refractivity contribution in [2.45, 2.75) is 18.8 Å². The van der Waals surface area contributed by atoms with Crippen LogP contribution in [0.3, 0.4) is 0 Å². The molecular formula is C12H13F2N3. The molecule has 0 spiro atoms. The molecule has 0 saturated carbocycles. The highest BCUT2D eigenvalue weighted by Crippen LogP contribution is 2.25. The number of hydrogen-bond acceptors (Lipinski definition) is 2. The van der Waals surface area contributed by atoms with Crippen molar-refractivity contribution >= 4 is 11.0 Å². The SMILES string of the molecule is Fc1cc(F)c2nc(C3CCCNC3)[nH]c2c1. The Bertz CT molecular complexity index is 544. The summed E-state index contributed by atoms with van der Waals surface area (Å²) in [4.78, 5) is 7.26. The van der Waals surface area contributed by atoms with E-state index >= 15 is 0 Å². The molecule has 90 valence electrons. The second kappa shape index (κ2) is 4.07. The van der Waals surface area contributed by atoms with Crippen LogP contribution in [0, 0.1) is 11.6 Å². The summed E-state index contributed by atoms with van der Waals surface area (Å²) in [6.45, 7) is 1.85. The van der Waals surface area contributed by atoms with Crippen molar-refractivity contribution in [2.75, 3.05) is 13.1 Å². The van der Waals surface area contributed by atoms with Crippen LogP contribution in [0.2, 0.25) is 0 Å². The minimum Gasteiger partial charge on any atom is -0.342 e. The highest BCUT2D eigenvalue weighted by atomic mass is 19.1. The molecule has 1 atom stereocenters. The lowest BCUT2D eigenvalue weighted by Crippen LogP contribution is -2.28. The molecule has 1 unspecified atom stereocenters. The maximum absolute atomic E-state index is 13.5. The summed E-state index contributed by atoms with van der Waals surface area (Å²) < 4.78 is 26.5. The van der Waals surface area contributed by atoms with Crippen molar-refractivity contribution in [3.63, 3.8) is 0 Å². The predicted octanol–water partition coefficient (Wildman–Crippen LogP) is 2.31. The Morgan fingerprint density at radius 3 is 2.94 bits per heavy atom. The fourth-order valence-corrected chi connectivity index (χ4v) is 2.34. The molecule has 3 nitrogen and oxygen atoms in total. The number of imidazole rings is 1. The average molecular weight is 237 g/mol. The third-order valence-electron chi connectivity index (χ3n) is 3.21. The van der Waals surface area contributed by atoms with E-state index < -0.39 is 11.6 Å². The van der Waals surface area contributed by atoms with E-state index in [1.54, 1.807) is 0 Å². The summed E-state index contributed by atoms with van der Waals surface area (Å²) in [6.07, 6.45) is 2.11. The van der Waals surface area contributed by atoms with E-state index in [9.17, 15) is 8.78 Å². The van der Waals surface area contributed by atoms with Crippen molar-refractivity contribution in [1.29, 1.82) is 0 Å². The number of hydrogen-bond donors (Lipinski definition) is 2. The monoisotopic (exact) mass is 237 g/mol. The first kappa shape index (κ1) is 10.7. The molecule has 0 aliphatic carbocycles. The molecule has 3 rings (SSSR count). The molecule has 1 aromatic carbocycles. The van der Waals surface area contributed by atoms with E-state index in [1.165, 1.54) is 6.07 Å². The molecule has 1 aliphatic heterocycles. The largest absolute Gasteiger partial charge is 0.342 e. The van der Waals surface area contributed by atoms with Gasteiger partial charge in [0.2, 0.25) is 0 Å². The maximum atomic E-state index is 13.5. The average Bonchev–Trinajstić information content (AvgIpc) is 2.74. The lowest BCUT2D eigenvalue weighted by atomic mass is 9.99. The summed E-state index contributed by atoms with van der Waals surface area (Å²) in [6, 6.07) is 2.15. The van der Waals surface area contributed by atoms with E-state index in [1.807, 2.05) is 0 Å². The topological polar surface area (TPSA) is 40.7 Å². The van der Waals surface area contributed by atoms with Crippen molar-refractivity contribution in [3.05, 3.63) is 29.6 Å². The van der Waals surface area contributed by atoms with Gasteiger partial charge >= 0.3 is 0 Å². The molecular weight excluding hydrogens is 224 g/mol. The first-order valence-electron chi connectivity index (χ1n) is 5.79. The molecule has 0 bridgehead atoms. The second-order valence-electron chi connectivity index (χ2n) is 4.45. The molecule has 1 saturated heterocycles.